The molecule has 0 aliphatic carbocycles. The molecular weight excluding hydrogens is 383 g/mol. The third kappa shape index (κ3) is 3.15. The number of nitrogens with one attached hydrogen (secondary N) is 1. The molecule has 0 unspecified atom stereocenters. The Morgan fingerprint density at radius 3 is 2.41 bits per heavy atom. The molecule has 0 atom stereocenters. The van der Waals surface area contributed by atoms with Gasteiger partial charge in [-0.3, -0.25) is 4.40 Å². The first-order valence-corrected chi connectivity index (χ1v) is 9.30. The highest BCUT2D eigenvalue weighted by Crippen LogP contribution is 2.31. The third-order valence-electron chi connectivity index (χ3n) is 4.40. The zero-order valence-corrected chi connectivity index (χ0v) is 16.7. The fourth-order valence-electron chi connectivity index (χ4n) is 2.98. The van der Waals surface area contributed by atoms with Gasteiger partial charge in [0.25, 0.3) is 0 Å². The van der Waals surface area contributed by atoms with Crippen LogP contribution in [0.5, 0.6) is 0 Å². The highest BCUT2D eigenvalue weighted by Gasteiger charge is 2.16. The van der Waals surface area contributed by atoms with E-state index in [-0.39, 0.29) is 0 Å². The molecule has 0 spiro atoms. The Balaban J connectivity index is 1.88. The molecule has 4 aromatic rings. The Hall–Kier alpha value is -2.57. The second kappa shape index (κ2) is 6.87. The van der Waals surface area contributed by atoms with E-state index in [4.69, 9.17) is 28.2 Å². The lowest BCUT2D eigenvalue weighted by Gasteiger charge is -2.14. The van der Waals surface area contributed by atoms with Crippen LogP contribution in [-0.4, -0.2) is 33.7 Å². The van der Waals surface area contributed by atoms with E-state index in [1.807, 2.05) is 54.6 Å². The first-order chi connectivity index (χ1) is 13.0. The highest BCUT2D eigenvalue weighted by molar-refractivity contribution is 6.42. The molecule has 0 radical (unpaired) electrons. The number of hydrogen-bond donors (Lipinski definition) is 1. The summed E-state index contributed by atoms with van der Waals surface area (Å²) in [5.41, 5.74) is 4.23. The molecule has 6 nitrogen and oxygen atoms in total. The summed E-state index contributed by atoms with van der Waals surface area (Å²) in [5, 5.41) is 12.9. The normalized spacial score (nSPS) is 11.3. The molecule has 0 saturated carbocycles. The minimum Gasteiger partial charge on any atom is -0.378 e. The first kappa shape index (κ1) is 17.8. The van der Waals surface area contributed by atoms with Crippen LogP contribution in [0.25, 0.3) is 16.7 Å². The molecule has 2 heterocycles. The summed E-state index contributed by atoms with van der Waals surface area (Å²) in [5.74, 6) is 1.45. The van der Waals surface area contributed by atoms with Gasteiger partial charge in [0.15, 0.2) is 5.82 Å². The molecule has 0 saturated heterocycles. The zero-order chi connectivity index (χ0) is 19.1. The van der Waals surface area contributed by atoms with Crippen LogP contribution in [0.1, 0.15) is 12.7 Å². The average molecular weight is 401 g/mol. The summed E-state index contributed by atoms with van der Waals surface area (Å²) >= 11 is 12.4. The molecule has 138 valence electrons. The maximum absolute atomic E-state index is 6.23. The van der Waals surface area contributed by atoms with Gasteiger partial charge in [0, 0.05) is 31.9 Å². The van der Waals surface area contributed by atoms with Gasteiger partial charge in [-0.1, -0.05) is 30.1 Å². The fraction of sp³-hybridized carbons (Fsp3) is 0.211. The number of nitrogens with zero attached hydrogens (tertiary/aromatic N) is 5. The van der Waals surface area contributed by atoms with E-state index >= 15 is 0 Å². The van der Waals surface area contributed by atoms with Crippen molar-refractivity contribution in [1.29, 1.82) is 0 Å². The molecule has 2 aromatic heterocycles. The predicted octanol–water partition coefficient (Wildman–Crippen LogP) is 4.96. The van der Waals surface area contributed by atoms with Gasteiger partial charge in [0.2, 0.25) is 5.65 Å². The van der Waals surface area contributed by atoms with E-state index in [1.165, 1.54) is 0 Å². The van der Waals surface area contributed by atoms with Crippen molar-refractivity contribution in [2.75, 3.05) is 24.3 Å². The van der Waals surface area contributed by atoms with Crippen molar-refractivity contribution in [3.8, 4) is 0 Å². The summed E-state index contributed by atoms with van der Waals surface area (Å²) in [4.78, 5) is 6.77. The molecule has 0 aliphatic rings. The van der Waals surface area contributed by atoms with Crippen LogP contribution in [-0.2, 0) is 6.42 Å². The van der Waals surface area contributed by atoms with Crippen molar-refractivity contribution in [2.45, 2.75) is 13.3 Å². The number of anilines is 3. The Bertz CT molecular complexity index is 1130. The number of rotatable bonds is 4. The summed E-state index contributed by atoms with van der Waals surface area (Å²) in [7, 11) is 4.02. The van der Waals surface area contributed by atoms with Gasteiger partial charge in [-0.15, -0.1) is 10.2 Å². The van der Waals surface area contributed by atoms with Crippen LogP contribution in [0.3, 0.4) is 0 Å². The number of aromatic nitrogens is 4. The lowest BCUT2D eigenvalue weighted by molar-refractivity contribution is 0.922. The van der Waals surface area contributed by atoms with Crippen LogP contribution < -0.4 is 10.2 Å². The number of aryl methyl sites for hydroxylation is 1. The second-order valence-corrected chi connectivity index (χ2v) is 7.22. The van der Waals surface area contributed by atoms with Crippen molar-refractivity contribution in [3.05, 3.63) is 52.3 Å². The monoisotopic (exact) mass is 400 g/mol. The van der Waals surface area contributed by atoms with Crippen molar-refractivity contribution >= 4 is 57.1 Å². The molecule has 0 amide bonds. The van der Waals surface area contributed by atoms with E-state index in [2.05, 4.69) is 15.5 Å². The molecule has 0 fully saturated rings. The average Bonchev–Trinajstić information content (AvgIpc) is 3.08. The Kier molecular flexibility index (Phi) is 4.53. The smallest absolute Gasteiger partial charge is 0.204 e. The van der Waals surface area contributed by atoms with Gasteiger partial charge < -0.3 is 10.2 Å². The lowest BCUT2D eigenvalue weighted by Crippen LogP contribution is -2.08. The standard InChI is InChI=1S/C19H18Cl2N6/c1-4-17-24-25-19-18(22-11-5-7-12(8-6-11)26(2)3)23-15-9-13(20)14(21)10-16(15)27(17)19/h5-10H,4H2,1-3H3,(H,22,23). The third-order valence-corrected chi connectivity index (χ3v) is 5.12. The molecule has 1 N–H and O–H groups in total. The van der Waals surface area contributed by atoms with Crippen molar-refractivity contribution in [2.24, 2.45) is 0 Å². The van der Waals surface area contributed by atoms with Crippen molar-refractivity contribution in [1.82, 2.24) is 19.6 Å². The van der Waals surface area contributed by atoms with Crippen LogP contribution in [0.4, 0.5) is 17.2 Å². The Labute approximate surface area is 166 Å². The maximum atomic E-state index is 6.23. The topological polar surface area (TPSA) is 58.4 Å². The minimum atomic E-state index is 0.462. The van der Waals surface area contributed by atoms with E-state index in [0.717, 1.165) is 34.7 Å². The van der Waals surface area contributed by atoms with Crippen LogP contribution >= 0.6 is 23.2 Å². The van der Waals surface area contributed by atoms with Gasteiger partial charge in [0.05, 0.1) is 21.1 Å². The van der Waals surface area contributed by atoms with Gasteiger partial charge in [-0.25, -0.2) is 4.98 Å². The van der Waals surface area contributed by atoms with Gasteiger partial charge in [-0.05, 0) is 36.4 Å². The number of benzene rings is 2. The van der Waals surface area contributed by atoms with Crippen molar-refractivity contribution < 1.29 is 0 Å². The highest BCUT2D eigenvalue weighted by atomic mass is 35.5. The van der Waals surface area contributed by atoms with Gasteiger partial charge in [-0.2, -0.15) is 0 Å². The molecular formula is C19H18Cl2N6. The van der Waals surface area contributed by atoms with Crippen LogP contribution in [0.15, 0.2) is 36.4 Å². The molecule has 0 bridgehead atoms. The molecule has 4 rings (SSSR count). The molecule has 27 heavy (non-hydrogen) atoms. The summed E-state index contributed by atoms with van der Waals surface area (Å²) < 4.78 is 1.97. The SMILES string of the molecule is CCc1nnc2c(Nc3ccc(N(C)C)cc3)nc3cc(Cl)c(Cl)cc3n12. The second-order valence-electron chi connectivity index (χ2n) is 6.41. The zero-order valence-electron chi connectivity index (χ0n) is 15.2. The number of hydrogen-bond acceptors (Lipinski definition) is 5. The van der Waals surface area contributed by atoms with Crippen LogP contribution in [0, 0.1) is 0 Å². The summed E-state index contributed by atoms with van der Waals surface area (Å²) in [6.45, 7) is 2.04. The van der Waals surface area contributed by atoms with Crippen LogP contribution in [0.2, 0.25) is 10.0 Å². The molecule has 2 aromatic carbocycles. The maximum Gasteiger partial charge on any atom is 0.204 e. The molecule has 0 aliphatic heterocycles. The van der Waals surface area contributed by atoms with E-state index in [9.17, 15) is 0 Å². The predicted molar refractivity (Wildman–Crippen MR) is 112 cm³/mol. The largest absolute Gasteiger partial charge is 0.378 e. The lowest BCUT2D eigenvalue weighted by atomic mass is 10.2. The van der Waals surface area contributed by atoms with E-state index < -0.39 is 0 Å². The van der Waals surface area contributed by atoms with Crippen molar-refractivity contribution in [3.63, 3.8) is 0 Å². The quantitative estimate of drug-likeness (QED) is 0.524. The minimum absolute atomic E-state index is 0.462. The van der Waals surface area contributed by atoms with E-state index in [1.54, 1.807) is 12.1 Å². The van der Waals surface area contributed by atoms with Gasteiger partial charge in [0.1, 0.15) is 5.82 Å². The Morgan fingerprint density at radius 1 is 1.04 bits per heavy atom. The molecule has 8 heteroatoms. The summed E-state index contributed by atoms with van der Waals surface area (Å²) in [6, 6.07) is 11.7. The summed E-state index contributed by atoms with van der Waals surface area (Å²) in [6.07, 6.45) is 0.734. The first-order valence-electron chi connectivity index (χ1n) is 8.55. The fourth-order valence-corrected chi connectivity index (χ4v) is 3.30. The Morgan fingerprint density at radius 2 is 1.74 bits per heavy atom. The number of halogens is 2. The van der Waals surface area contributed by atoms with E-state index in [0.29, 0.717) is 21.5 Å². The van der Waals surface area contributed by atoms with Gasteiger partial charge >= 0.3 is 0 Å². The number of fused-ring (bicyclic) bond motifs is 3.